The SMILES string of the molecule is Cn1ccc(-c2nc(C(C)(C)N)no2)n1. The summed E-state index contributed by atoms with van der Waals surface area (Å²) in [6, 6.07) is 1.81. The first-order valence-corrected chi connectivity index (χ1v) is 4.60. The summed E-state index contributed by atoms with van der Waals surface area (Å²) in [7, 11) is 1.83. The van der Waals surface area contributed by atoms with Crippen LogP contribution in [0.5, 0.6) is 0 Å². The highest BCUT2D eigenvalue weighted by molar-refractivity contribution is 5.45. The number of rotatable bonds is 2. The average molecular weight is 207 g/mol. The van der Waals surface area contributed by atoms with E-state index in [0.717, 1.165) is 0 Å². The van der Waals surface area contributed by atoms with Crippen molar-refractivity contribution in [2.75, 3.05) is 0 Å². The van der Waals surface area contributed by atoms with Gasteiger partial charge in [-0.25, -0.2) is 0 Å². The van der Waals surface area contributed by atoms with Crippen LogP contribution in [0.25, 0.3) is 11.6 Å². The van der Waals surface area contributed by atoms with E-state index in [1.807, 2.05) is 27.1 Å². The van der Waals surface area contributed by atoms with E-state index < -0.39 is 5.54 Å². The van der Waals surface area contributed by atoms with E-state index in [4.69, 9.17) is 10.3 Å². The van der Waals surface area contributed by atoms with Crippen LogP contribution in [0.2, 0.25) is 0 Å². The molecule has 0 bridgehead atoms. The lowest BCUT2D eigenvalue weighted by Crippen LogP contribution is -2.30. The van der Waals surface area contributed by atoms with E-state index >= 15 is 0 Å². The first kappa shape index (κ1) is 9.85. The molecule has 0 spiro atoms. The quantitative estimate of drug-likeness (QED) is 0.782. The molecule has 0 aliphatic carbocycles. The topological polar surface area (TPSA) is 82.8 Å². The third kappa shape index (κ3) is 1.89. The lowest BCUT2D eigenvalue weighted by atomic mass is 10.1. The highest BCUT2D eigenvalue weighted by Gasteiger charge is 2.22. The molecular weight excluding hydrogens is 194 g/mol. The Morgan fingerprint density at radius 2 is 2.20 bits per heavy atom. The number of hydrogen-bond acceptors (Lipinski definition) is 5. The van der Waals surface area contributed by atoms with Crippen LogP contribution < -0.4 is 5.73 Å². The minimum absolute atomic E-state index is 0.393. The molecule has 2 heterocycles. The highest BCUT2D eigenvalue weighted by atomic mass is 16.5. The fraction of sp³-hybridized carbons (Fsp3) is 0.444. The molecule has 2 aromatic rings. The molecule has 0 fully saturated rings. The predicted octanol–water partition coefficient (Wildman–Crippen LogP) is 0.664. The second-order valence-electron chi connectivity index (χ2n) is 4.02. The second-order valence-corrected chi connectivity index (χ2v) is 4.02. The standard InChI is InChI=1S/C9H13N5O/c1-9(2,10)8-11-7(15-13-8)6-4-5-14(3)12-6/h4-5H,10H2,1-3H3. The predicted molar refractivity (Wildman–Crippen MR) is 53.7 cm³/mol. The molecule has 0 saturated heterocycles. The molecule has 0 radical (unpaired) electrons. The van der Waals surface area contributed by atoms with Crippen LogP contribution in [0, 0.1) is 0 Å². The Balaban J connectivity index is 2.36. The van der Waals surface area contributed by atoms with Gasteiger partial charge in [0.1, 0.15) is 0 Å². The van der Waals surface area contributed by atoms with E-state index in [1.165, 1.54) is 0 Å². The van der Waals surface area contributed by atoms with Gasteiger partial charge in [-0.2, -0.15) is 10.1 Å². The van der Waals surface area contributed by atoms with Gasteiger partial charge in [-0.15, -0.1) is 0 Å². The highest BCUT2D eigenvalue weighted by Crippen LogP contribution is 2.18. The van der Waals surface area contributed by atoms with Crippen molar-refractivity contribution in [1.82, 2.24) is 19.9 Å². The van der Waals surface area contributed by atoms with Gasteiger partial charge in [-0.3, -0.25) is 4.68 Å². The summed E-state index contributed by atoms with van der Waals surface area (Å²) in [6.45, 7) is 3.64. The van der Waals surface area contributed by atoms with E-state index in [0.29, 0.717) is 17.4 Å². The molecule has 6 nitrogen and oxygen atoms in total. The molecule has 0 unspecified atom stereocenters. The molecule has 80 valence electrons. The number of aromatic nitrogens is 4. The molecule has 2 rings (SSSR count). The Morgan fingerprint density at radius 1 is 1.47 bits per heavy atom. The summed E-state index contributed by atoms with van der Waals surface area (Å²) in [6.07, 6.45) is 1.81. The molecule has 0 aliphatic heterocycles. The zero-order valence-corrected chi connectivity index (χ0v) is 8.93. The molecule has 2 aromatic heterocycles. The van der Waals surface area contributed by atoms with Crippen molar-refractivity contribution in [3.05, 3.63) is 18.1 Å². The molecule has 6 heteroatoms. The van der Waals surface area contributed by atoms with Gasteiger partial charge in [-0.1, -0.05) is 5.16 Å². The molecule has 0 aromatic carbocycles. The van der Waals surface area contributed by atoms with Gasteiger partial charge < -0.3 is 10.3 Å². The van der Waals surface area contributed by atoms with E-state index in [1.54, 1.807) is 10.7 Å². The zero-order valence-electron chi connectivity index (χ0n) is 8.93. The summed E-state index contributed by atoms with van der Waals surface area (Å²) in [5.41, 5.74) is 5.90. The summed E-state index contributed by atoms with van der Waals surface area (Å²) in [4.78, 5) is 4.19. The van der Waals surface area contributed by atoms with E-state index in [-0.39, 0.29) is 0 Å². The van der Waals surface area contributed by atoms with Crippen molar-refractivity contribution in [3.63, 3.8) is 0 Å². The average Bonchev–Trinajstić information content (AvgIpc) is 2.69. The van der Waals surface area contributed by atoms with Crippen molar-refractivity contribution in [3.8, 4) is 11.6 Å². The summed E-state index contributed by atoms with van der Waals surface area (Å²) < 4.78 is 6.75. The van der Waals surface area contributed by atoms with E-state index in [9.17, 15) is 0 Å². The molecule has 0 amide bonds. The fourth-order valence-electron chi connectivity index (χ4n) is 1.12. The fourth-order valence-corrected chi connectivity index (χ4v) is 1.12. The van der Waals surface area contributed by atoms with Crippen molar-refractivity contribution < 1.29 is 4.52 Å². The number of nitrogens with zero attached hydrogens (tertiary/aromatic N) is 4. The van der Waals surface area contributed by atoms with Crippen molar-refractivity contribution >= 4 is 0 Å². The molecule has 15 heavy (non-hydrogen) atoms. The Hall–Kier alpha value is -1.69. The summed E-state index contributed by atoms with van der Waals surface area (Å²) >= 11 is 0. The Bertz CT molecular complexity index is 465. The summed E-state index contributed by atoms with van der Waals surface area (Å²) in [5.74, 6) is 0.868. The third-order valence-corrected chi connectivity index (χ3v) is 1.94. The van der Waals surface area contributed by atoms with E-state index in [2.05, 4.69) is 15.2 Å². The summed E-state index contributed by atoms with van der Waals surface area (Å²) in [5, 5.41) is 7.97. The Labute approximate surface area is 87.1 Å². The lowest BCUT2D eigenvalue weighted by molar-refractivity contribution is 0.396. The number of nitrogens with two attached hydrogens (primary N) is 1. The smallest absolute Gasteiger partial charge is 0.278 e. The molecular formula is C9H13N5O. The van der Waals surface area contributed by atoms with Crippen molar-refractivity contribution in [2.24, 2.45) is 12.8 Å². The molecule has 0 saturated carbocycles. The lowest BCUT2D eigenvalue weighted by Gasteiger charge is -2.11. The second kappa shape index (κ2) is 3.16. The van der Waals surface area contributed by atoms with Crippen LogP contribution in [0.3, 0.4) is 0 Å². The van der Waals surface area contributed by atoms with Gasteiger partial charge >= 0.3 is 0 Å². The molecule has 0 aliphatic rings. The van der Waals surface area contributed by atoms with Gasteiger partial charge in [0.15, 0.2) is 11.5 Å². The maximum Gasteiger partial charge on any atom is 0.278 e. The van der Waals surface area contributed by atoms with Gasteiger partial charge in [0.2, 0.25) is 0 Å². The monoisotopic (exact) mass is 207 g/mol. The maximum atomic E-state index is 5.84. The Morgan fingerprint density at radius 3 is 2.67 bits per heavy atom. The number of aryl methyl sites for hydroxylation is 1. The molecule has 0 atom stereocenters. The third-order valence-electron chi connectivity index (χ3n) is 1.94. The first-order valence-electron chi connectivity index (χ1n) is 4.60. The largest absolute Gasteiger partial charge is 0.332 e. The van der Waals surface area contributed by atoms with Crippen LogP contribution in [0.1, 0.15) is 19.7 Å². The van der Waals surface area contributed by atoms with Crippen LogP contribution >= 0.6 is 0 Å². The minimum atomic E-state index is -0.601. The van der Waals surface area contributed by atoms with Gasteiger partial charge in [0.05, 0.1) is 5.54 Å². The zero-order chi connectivity index (χ0) is 11.1. The normalized spacial score (nSPS) is 12.0. The van der Waals surface area contributed by atoms with Crippen LogP contribution in [-0.4, -0.2) is 19.9 Å². The van der Waals surface area contributed by atoms with Gasteiger partial charge in [-0.05, 0) is 19.9 Å². The molecule has 2 N–H and O–H groups in total. The van der Waals surface area contributed by atoms with Crippen LogP contribution in [-0.2, 0) is 12.6 Å². The minimum Gasteiger partial charge on any atom is -0.332 e. The van der Waals surface area contributed by atoms with Gasteiger partial charge in [0, 0.05) is 13.2 Å². The van der Waals surface area contributed by atoms with Crippen molar-refractivity contribution in [2.45, 2.75) is 19.4 Å². The van der Waals surface area contributed by atoms with Gasteiger partial charge in [0.25, 0.3) is 5.89 Å². The van der Waals surface area contributed by atoms with Crippen LogP contribution in [0.15, 0.2) is 16.8 Å². The maximum absolute atomic E-state index is 5.84. The van der Waals surface area contributed by atoms with Crippen molar-refractivity contribution in [1.29, 1.82) is 0 Å². The Kier molecular flexibility index (Phi) is 2.08. The van der Waals surface area contributed by atoms with Crippen LogP contribution in [0.4, 0.5) is 0 Å². The first-order chi connectivity index (χ1) is 6.97. The number of hydrogen-bond donors (Lipinski definition) is 1.